The zero-order valence-electron chi connectivity index (χ0n) is 17.6. The van der Waals surface area contributed by atoms with Gasteiger partial charge in [0.05, 0.1) is 23.6 Å². The molecular formula is C21H22FN7O2S. The summed E-state index contributed by atoms with van der Waals surface area (Å²) in [7, 11) is -2.13. The molecule has 2 aromatic carbocycles. The minimum Gasteiger partial charge on any atom is -0.307 e. The van der Waals surface area contributed by atoms with Crippen molar-refractivity contribution in [3.63, 3.8) is 0 Å². The number of aromatic nitrogens is 5. The minimum absolute atomic E-state index is 0.0478. The summed E-state index contributed by atoms with van der Waals surface area (Å²) >= 11 is 0. The Kier molecular flexibility index (Phi) is 5.03. The number of halogens is 1. The number of hydrogen-bond acceptors (Lipinski definition) is 6. The Hall–Kier alpha value is -3.15. The Morgan fingerprint density at radius 3 is 2.62 bits per heavy atom. The lowest BCUT2D eigenvalue weighted by Gasteiger charge is -2.33. The van der Waals surface area contributed by atoms with E-state index in [1.165, 1.54) is 27.4 Å². The van der Waals surface area contributed by atoms with Crippen LogP contribution in [0, 0.1) is 12.7 Å². The molecule has 5 rings (SSSR count). The van der Waals surface area contributed by atoms with E-state index in [2.05, 4.69) is 20.6 Å². The van der Waals surface area contributed by atoms with Gasteiger partial charge in [0.1, 0.15) is 5.82 Å². The average Bonchev–Trinajstić information content (AvgIpc) is 3.40. The number of piperazine rings is 1. The van der Waals surface area contributed by atoms with Crippen molar-refractivity contribution in [2.75, 3.05) is 19.6 Å². The van der Waals surface area contributed by atoms with Gasteiger partial charge in [-0.05, 0) is 54.4 Å². The van der Waals surface area contributed by atoms with Crippen LogP contribution in [0.15, 0.2) is 53.8 Å². The second kappa shape index (κ2) is 7.76. The molecule has 166 valence electrons. The summed E-state index contributed by atoms with van der Waals surface area (Å²) < 4.78 is 42.5. The minimum atomic E-state index is -3.72. The van der Waals surface area contributed by atoms with Crippen LogP contribution in [-0.2, 0) is 17.1 Å². The number of nitrogens with one attached hydrogen (secondary N) is 1. The van der Waals surface area contributed by atoms with Crippen molar-refractivity contribution in [1.29, 1.82) is 0 Å². The van der Waals surface area contributed by atoms with E-state index in [1.54, 1.807) is 30.1 Å². The number of nitrogens with zero attached hydrogens (tertiary/aromatic N) is 6. The highest BCUT2D eigenvalue weighted by molar-refractivity contribution is 7.89. The van der Waals surface area contributed by atoms with Crippen LogP contribution in [0.1, 0.15) is 17.2 Å². The Morgan fingerprint density at radius 1 is 1.12 bits per heavy atom. The summed E-state index contributed by atoms with van der Waals surface area (Å²) in [6, 6.07) is 10.1. The van der Waals surface area contributed by atoms with E-state index in [-0.39, 0.29) is 23.4 Å². The monoisotopic (exact) mass is 455 g/mol. The maximum atomic E-state index is 13.3. The van der Waals surface area contributed by atoms with Gasteiger partial charge in [-0.3, -0.25) is 0 Å². The summed E-state index contributed by atoms with van der Waals surface area (Å²) in [5.74, 6) is -0.298. The molecule has 4 aromatic rings. The molecule has 1 N–H and O–H groups in total. The molecule has 3 heterocycles. The summed E-state index contributed by atoms with van der Waals surface area (Å²) in [5, 5.41) is 16.6. The van der Waals surface area contributed by atoms with Crippen LogP contribution in [0.5, 0.6) is 0 Å². The number of hydrogen-bond donors (Lipinski definition) is 1. The largest absolute Gasteiger partial charge is 0.307 e. The molecule has 1 aliphatic rings. The van der Waals surface area contributed by atoms with E-state index in [1.807, 2.05) is 19.1 Å². The van der Waals surface area contributed by atoms with Crippen molar-refractivity contribution >= 4 is 20.9 Å². The third kappa shape index (κ3) is 3.57. The quantitative estimate of drug-likeness (QED) is 0.505. The molecule has 0 bridgehead atoms. The molecule has 0 radical (unpaired) electrons. The molecule has 0 spiro atoms. The van der Waals surface area contributed by atoms with Gasteiger partial charge in [-0.2, -0.15) is 19.3 Å². The number of aryl methyl sites for hydroxylation is 2. The molecule has 9 nitrogen and oxygen atoms in total. The van der Waals surface area contributed by atoms with Gasteiger partial charge < -0.3 is 5.32 Å². The molecule has 0 amide bonds. The zero-order chi connectivity index (χ0) is 22.5. The molecule has 1 atom stereocenters. The topological polar surface area (TPSA) is 97.9 Å². The third-order valence-corrected chi connectivity index (χ3v) is 7.45. The van der Waals surface area contributed by atoms with E-state index in [0.717, 1.165) is 27.7 Å². The third-order valence-electron chi connectivity index (χ3n) is 5.72. The van der Waals surface area contributed by atoms with Crippen molar-refractivity contribution in [2.45, 2.75) is 18.0 Å². The lowest BCUT2D eigenvalue weighted by Crippen LogP contribution is -2.48. The highest BCUT2D eigenvalue weighted by atomic mass is 32.2. The van der Waals surface area contributed by atoms with E-state index in [9.17, 15) is 12.8 Å². The maximum absolute atomic E-state index is 13.3. The standard InChI is InChI=1S/C21H22FN7O2S/c1-14-9-20-15(11-25-29(20)17-5-3-16(22)4-6-17)10-18(14)19-13-28(8-7-23-19)32(30,31)21-12-24-27(2)26-21/h3-6,9-12,19,23H,7-8,13H2,1-2H3/t19-/m0/s1. The van der Waals surface area contributed by atoms with Gasteiger partial charge in [0.2, 0.25) is 5.03 Å². The fourth-order valence-corrected chi connectivity index (χ4v) is 5.43. The Labute approximate surface area is 184 Å². The van der Waals surface area contributed by atoms with Crippen LogP contribution in [0.3, 0.4) is 0 Å². The second-order valence-corrected chi connectivity index (χ2v) is 9.73. The molecule has 32 heavy (non-hydrogen) atoms. The summed E-state index contributed by atoms with van der Waals surface area (Å²) in [4.78, 5) is 1.24. The van der Waals surface area contributed by atoms with Crippen molar-refractivity contribution in [3.05, 3.63) is 65.7 Å². The molecule has 0 unspecified atom stereocenters. The van der Waals surface area contributed by atoms with Gasteiger partial charge in [0, 0.05) is 38.1 Å². The van der Waals surface area contributed by atoms with Crippen LogP contribution in [0.2, 0.25) is 0 Å². The smallest absolute Gasteiger partial charge is 0.264 e. The SMILES string of the molecule is Cc1cc2c(cnn2-c2ccc(F)cc2)cc1[C@@H]1CN(S(=O)(=O)c2cnn(C)n2)CCN1. The molecule has 0 aliphatic carbocycles. The number of fused-ring (bicyclic) bond motifs is 1. The number of sulfonamides is 1. The van der Waals surface area contributed by atoms with Gasteiger partial charge >= 0.3 is 0 Å². The van der Waals surface area contributed by atoms with Crippen LogP contribution >= 0.6 is 0 Å². The van der Waals surface area contributed by atoms with Gasteiger partial charge in [0.25, 0.3) is 10.0 Å². The molecule has 0 saturated carbocycles. The molecular weight excluding hydrogens is 433 g/mol. The highest BCUT2D eigenvalue weighted by Crippen LogP contribution is 2.29. The average molecular weight is 456 g/mol. The van der Waals surface area contributed by atoms with Crippen molar-refractivity contribution < 1.29 is 12.8 Å². The molecule has 1 fully saturated rings. The second-order valence-electron chi connectivity index (χ2n) is 7.84. The summed E-state index contributed by atoms with van der Waals surface area (Å²) in [6.45, 7) is 3.17. The fourth-order valence-electron chi connectivity index (χ4n) is 4.09. The van der Waals surface area contributed by atoms with Gasteiger partial charge in [-0.25, -0.2) is 17.5 Å². The first-order valence-electron chi connectivity index (χ1n) is 10.2. The normalized spacial score (nSPS) is 17.8. The summed E-state index contributed by atoms with van der Waals surface area (Å²) in [5.41, 5.74) is 3.69. The van der Waals surface area contributed by atoms with Crippen LogP contribution in [-0.4, -0.2) is 57.1 Å². The Balaban J connectivity index is 1.46. The lowest BCUT2D eigenvalue weighted by atomic mass is 9.98. The van der Waals surface area contributed by atoms with Crippen molar-refractivity contribution in [3.8, 4) is 5.69 Å². The predicted octanol–water partition coefficient (Wildman–Crippen LogP) is 1.94. The maximum Gasteiger partial charge on any atom is 0.264 e. The fraction of sp³-hybridized carbons (Fsp3) is 0.286. The first-order valence-corrected chi connectivity index (χ1v) is 11.6. The van der Waals surface area contributed by atoms with E-state index < -0.39 is 10.0 Å². The number of benzene rings is 2. The molecule has 2 aromatic heterocycles. The Morgan fingerprint density at radius 2 is 1.91 bits per heavy atom. The Bertz CT molecular complexity index is 1400. The molecule has 11 heteroatoms. The van der Waals surface area contributed by atoms with E-state index >= 15 is 0 Å². The van der Waals surface area contributed by atoms with Crippen LogP contribution < -0.4 is 5.32 Å². The van der Waals surface area contributed by atoms with Gasteiger partial charge in [-0.1, -0.05) is 0 Å². The van der Waals surface area contributed by atoms with Gasteiger partial charge in [0.15, 0.2) is 0 Å². The lowest BCUT2D eigenvalue weighted by molar-refractivity contribution is 0.300. The first-order chi connectivity index (χ1) is 15.3. The molecule has 1 saturated heterocycles. The van der Waals surface area contributed by atoms with Crippen molar-refractivity contribution in [2.24, 2.45) is 7.05 Å². The predicted molar refractivity (Wildman–Crippen MR) is 116 cm³/mol. The van der Waals surface area contributed by atoms with Crippen LogP contribution in [0.4, 0.5) is 4.39 Å². The van der Waals surface area contributed by atoms with E-state index in [4.69, 9.17) is 0 Å². The summed E-state index contributed by atoms with van der Waals surface area (Å²) in [6.07, 6.45) is 3.03. The van der Waals surface area contributed by atoms with Crippen molar-refractivity contribution in [1.82, 2.24) is 34.4 Å². The van der Waals surface area contributed by atoms with Gasteiger partial charge in [-0.15, -0.1) is 5.10 Å². The van der Waals surface area contributed by atoms with Crippen LogP contribution in [0.25, 0.3) is 16.6 Å². The zero-order valence-corrected chi connectivity index (χ0v) is 18.4. The molecule has 1 aliphatic heterocycles. The first kappa shape index (κ1) is 20.7. The van der Waals surface area contributed by atoms with E-state index in [0.29, 0.717) is 13.1 Å². The highest BCUT2D eigenvalue weighted by Gasteiger charge is 2.33. The number of rotatable bonds is 4.